The van der Waals surface area contributed by atoms with Crippen molar-refractivity contribution in [3.8, 4) is 0 Å². The molecule has 0 aromatic heterocycles. The summed E-state index contributed by atoms with van der Waals surface area (Å²) >= 11 is 0. The number of piperidine rings is 1. The monoisotopic (exact) mass is 391 g/mol. The fourth-order valence-electron chi connectivity index (χ4n) is 6.41. The van der Waals surface area contributed by atoms with E-state index >= 15 is 0 Å². The number of aliphatic hydroxyl groups is 1. The van der Waals surface area contributed by atoms with Gasteiger partial charge in [-0.1, -0.05) is 25.5 Å². The largest absolute Gasteiger partial charge is 0.461 e. The minimum Gasteiger partial charge on any atom is -0.461 e. The summed E-state index contributed by atoms with van der Waals surface area (Å²) in [5.41, 5.74) is 1.06. The molecule has 3 aliphatic heterocycles. The molecular formula is C22H33NO5. The van der Waals surface area contributed by atoms with E-state index in [1.54, 1.807) is 0 Å². The minimum atomic E-state index is -0.526. The average molecular weight is 392 g/mol. The molecule has 5 rings (SSSR count). The molecule has 0 bridgehead atoms. The zero-order valence-corrected chi connectivity index (χ0v) is 17.1. The number of carbonyl (C=O) groups is 1. The van der Waals surface area contributed by atoms with E-state index in [4.69, 9.17) is 14.2 Å². The smallest absolute Gasteiger partial charge is 0.311 e. The third-order valence-electron chi connectivity index (χ3n) is 8.46. The number of hydrogen-bond acceptors (Lipinski definition) is 6. The van der Waals surface area contributed by atoms with Gasteiger partial charge in [0, 0.05) is 50.2 Å². The van der Waals surface area contributed by atoms with E-state index < -0.39 is 11.9 Å². The Bertz CT molecular complexity index is 662. The van der Waals surface area contributed by atoms with Gasteiger partial charge < -0.3 is 24.2 Å². The summed E-state index contributed by atoms with van der Waals surface area (Å²) in [7, 11) is 0. The summed E-state index contributed by atoms with van der Waals surface area (Å²) in [6, 6.07) is 0. The van der Waals surface area contributed by atoms with Gasteiger partial charge in [-0.2, -0.15) is 0 Å². The van der Waals surface area contributed by atoms with Crippen LogP contribution in [0.15, 0.2) is 11.6 Å². The Kier molecular flexibility index (Phi) is 4.62. The first-order chi connectivity index (χ1) is 13.4. The molecule has 3 saturated heterocycles. The number of nitrogens with zero attached hydrogens (tertiary/aromatic N) is 1. The number of fused-ring (bicyclic) bond motifs is 2. The molecule has 6 heteroatoms. The molecule has 0 aromatic rings. The first kappa shape index (κ1) is 19.0. The van der Waals surface area contributed by atoms with Crippen LogP contribution in [0.25, 0.3) is 0 Å². The summed E-state index contributed by atoms with van der Waals surface area (Å²) < 4.78 is 17.4. The summed E-state index contributed by atoms with van der Waals surface area (Å²) in [6.07, 6.45) is 6.22. The Morgan fingerprint density at radius 1 is 1.25 bits per heavy atom. The van der Waals surface area contributed by atoms with Gasteiger partial charge in [0.05, 0.1) is 25.2 Å². The maximum atomic E-state index is 12.8. The molecule has 0 aromatic carbocycles. The summed E-state index contributed by atoms with van der Waals surface area (Å²) in [5, 5.41) is 11.5. The Hall–Kier alpha value is -0.950. The van der Waals surface area contributed by atoms with Crippen molar-refractivity contribution < 1.29 is 24.1 Å². The van der Waals surface area contributed by atoms with Crippen LogP contribution in [-0.2, 0) is 19.0 Å². The Morgan fingerprint density at radius 2 is 1.96 bits per heavy atom. The van der Waals surface area contributed by atoms with Crippen molar-refractivity contribution in [2.24, 2.45) is 23.2 Å². The Morgan fingerprint density at radius 3 is 2.68 bits per heavy atom. The van der Waals surface area contributed by atoms with Crippen molar-refractivity contribution in [3.63, 3.8) is 0 Å². The van der Waals surface area contributed by atoms with E-state index in [0.717, 1.165) is 45.2 Å². The number of ether oxygens (including phenoxy) is 3. The molecule has 6 nitrogen and oxygen atoms in total. The van der Waals surface area contributed by atoms with Crippen molar-refractivity contribution in [2.45, 2.75) is 63.9 Å². The van der Waals surface area contributed by atoms with Crippen LogP contribution in [0.3, 0.4) is 0 Å². The molecule has 0 radical (unpaired) electrons. The number of esters is 1. The molecule has 28 heavy (non-hydrogen) atoms. The van der Waals surface area contributed by atoms with Crippen LogP contribution in [0.1, 0.15) is 46.0 Å². The van der Waals surface area contributed by atoms with Gasteiger partial charge in [-0.05, 0) is 18.8 Å². The van der Waals surface area contributed by atoms with Crippen LogP contribution < -0.4 is 0 Å². The standard InChI is InChI=1S/C22H33NO5/c1-14-4-3-5-15-12-17-18(19(24)21(14,15)2)16(20(25)28-17)13-23-8-6-22(7-9-23)26-10-11-27-22/h5,14,16-19,24H,3-4,6-13H2,1-2H3/t14-,16+,17+,18+,19-,21+/m0/s1. The Balaban J connectivity index is 1.31. The topological polar surface area (TPSA) is 68.2 Å². The van der Waals surface area contributed by atoms with Crippen LogP contribution >= 0.6 is 0 Å². The SMILES string of the molecule is C[C@H]1CCC=C2C[C@H]3OC(=O)[C@H](CN4CCC5(CC4)OCCO5)[C@H]3[C@H](O)[C@@]21C. The highest BCUT2D eigenvalue weighted by molar-refractivity contribution is 5.76. The molecule has 0 amide bonds. The predicted octanol–water partition coefficient (Wildman–Crippen LogP) is 2.11. The molecule has 6 atom stereocenters. The quantitative estimate of drug-likeness (QED) is 0.574. The van der Waals surface area contributed by atoms with Gasteiger partial charge >= 0.3 is 5.97 Å². The predicted molar refractivity (Wildman–Crippen MR) is 102 cm³/mol. The zero-order chi connectivity index (χ0) is 19.5. The number of hydrogen-bond donors (Lipinski definition) is 1. The molecule has 156 valence electrons. The van der Waals surface area contributed by atoms with Crippen molar-refractivity contribution >= 4 is 5.97 Å². The molecule has 1 N–H and O–H groups in total. The molecule has 2 aliphatic carbocycles. The van der Waals surface area contributed by atoms with E-state index in [1.807, 2.05) is 0 Å². The molecular weight excluding hydrogens is 358 g/mol. The van der Waals surface area contributed by atoms with Crippen molar-refractivity contribution in [1.82, 2.24) is 4.90 Å². The summed E-state index contributed by atoms with van der Waals surface area (Å²) in [5.74, 6) is -0.453. The van der Waals surface area contributed by atoms with E-state index in [9.17, 15) is 9.90 Å². The van der Waals surface area contributed by atoms with Gasteiger partial charge in [-0.3, -0.25) is 4.79 Å². The van der Waals surface area contributed by atoms with Crippen molar-refractivity contribution in [2.75, 3.05) is 32.8 Å². The van der Waals surface area contributed by atoms with Crippen LogP contribution in [-0.4, -0.2) is 66.8 Å². The lowest BCUT2D eigenvalue weighted by Crippen LogP contribution is -2.55. The van der Waals surface area contributed by atoms with Crippen LogP contribution in [0.5, 0.6) is 0 Å². The van der Waals surface area contributed by atoms with Gasteiger partial charge in [0.2, 0.25) is 0 Å². The van der Waals surface area contributed by atoms with E-state index in [-0.39, 0.29) is 29.3 Å². The third-order valence-corrected chi connectivity index (χ3v) is 8.46. The zero-order valence-electron chi connectivity index (χ0n) is 17.1. The molecule has 0 unspecified atom stereocenters. The number of allylic oxidation sites excluding steroid dienone is 1. The van der Waals surface area contributed by atoms with Gasteiger partial charge in [-0.25, -0.2) is 0 Å². The fraction of sp³-hybridized carbons (Fsp3) is 0.864. The second-order valence-corrected chi connectivity index (χ2v) is 9.71. The molecule has 3 heterocycles. The highest BCUT2D eigenvalue weighted by atomic mass is 16.7. The van der Waals surface area contributed by atoms with Crippen molar-refractivity contribution in [1.29, 1.82) is 0 Å². The van der Waals surface area contributed by atoms with Gasteiger partial charge in [0.15, 0.2) is 5.79 Å². The molecule has 1 saturated carbocycles. The van der Waals surface area contributed by atoms with Crippen LogP contribution in [0, 0.1) is 23.2 Å². The Labute approximate surface area is 167 Å². The maximum absolute atomic E-state index is 12.8. The second kappa shape index (κ2) is 6.79. The van der Waals surface area contributed by atoms with Crippen LogP contribution in [0.2, 0.25) is 0 Å². The highest BCUT2D eigenvalue weighted by Gasteiger charge is 2.60. The summed E-state index contributed by atoms with van der Waals surface area (Å²) in [6.45, 7) is 8.18. The fourth-order valence-corrected chi connectivity index (χ4v) is 6.41. The first-order valence-electron chi connectivity index (χ1n) is 11.0. The van der Waals surface area contributed by atoms with Gasteiger partial charge in [0.1, 0.15) is 6.10 Å². The number of rotatable bonds is 2. The number of aliphatic hydroxyl groups excluding tert-OH is 1. The van der Waals surface area contributed by atoms with Gasteiger partial charge in [-0.15, -0.1) is 0 Å². The lowest BCUT2D eigenvalue weighted by Gasteiger charge is -2.52. The van der Waals surface area contributed by atoms with E-state index in [0.29, 0.717) is 25.7 Å². The molecule has 5 aliphatic rings. The lowest BCUT2D eigenvalue weighted by molar-refractivity contribution is -0.186. The average Bonchev–Trinajstić information content (AvgIpc) is 3.25. The lowest BCUT2D eigenvalue weighted by atomic mass is 9.55. The highest BCUT2D eigenvalue weighted by Crippen LogP contribution is 2.56. The molecule has 1 spiro atoms. The number of likely N-dealkylation sites (tertiary alicyclic amines) is 1. The number of carbonyl (C=O) groups excluding carboxylic acids is 1. The van der Waals surface area contributed by atoms with Crippen molar-refractivity contribution in [3.05, 3.63) is 11.6 Å². The second-order valence-electron chi connectivity index (χ2n) is 9.71. The van der Waals surface area contributed by atoms with Crippen LogP contribution in [0.4, 0.5) is 0 Å². The maximum Gasteiger partial charge on any atom is 0.311 e. The normalized spacial score (nSPS) is 45.5. The third kappa shape index (κ3) is 2.79. The van der Waals surface area contributed by atoms with Gasteiger partial charge in [0.25, 0.3) is 0 Å². The first-order valence-corrected chi connectivity index (χ1v) is 11.0. The van der Waals surface area contributed by atoms with E-state index in [2.05, 4.69) is 24.8 Å². The summed E-state index contributed by atoms with van der Waals surface area (Å²) in [4.78, 5) is 15.1. The minimum absolute atomic E-state index is 0.106. The molecule has 4 fully saturated rings. The van der Waals surface area contributed by atoms with E-state index in [1.165, 1.54) is 5.57 Å².